The Balaban J connectivity index is 1.50. The third kappa shape index (κ3) is 3.09. The number of hydrogen-bond acceptors (Lipinski definition) is 8. The van der Waals surface area contributed by atoms with Gasteiger partial charge < -0.3 is 9.64 Å². The number of rotatable bonds is 4. The van der Waals surface area contributed by atoms with Gasteiger partial charge in [-0.3, -0.25) is 4.72 Å². The Morgan fingerprint density at radius 2 is 2.04 bits per heavy atom. The lowest BCUT2D eigenvalue weighted by Crippen LogP contribution is -2.28. The van der Waals surface area contributed by atoms with Gasteiger partial charge >= 0.3 is 0 Å². The summed E-state index contributed by atoms with van der Waals surface area (Å²) in [6.45, 7) is 1.14. The van der Waals surface area contributed by atoms with E-state index in [4.69, 9.17) is 4.74 Å². The van der Waals surface area contributed by atoms with Crippen LogP contribution in [0, 0.1) is 0 Å². The van der Waals surface area contributed by atoms with Gasteiger partial charge in [0.15, 0.2) is 5.13 Å². The number of benzene rings is 2. The molecule has 0 amide bonds. The molecule has 142 valence electrons. The molecule has 0 spiro atoms. The van der Waals surface area contributed by atoms with Gasteiger partial charge in [0, 0.05) is 23.3 Å². The van der Waals surface area contributed by atoms with E-state index in [-0.39, 0.29) is 4.90 Å². The quantitative estimate of drug-likeness (QED) is 0.525. The zero-order valence-electron chi connectivity index (χ0n) is 14.4. The Hall–Kier alpha value is -2.69. The number of nitrogens with zero attached hydrogens (tertiary/aromatic N) is 3. The summed E-state index contributed by atoms with van der Waals surface area (Å²) in [5, 5.41) is 2.04. The Labute approximate surface area is 169 Å². The van der Waals surface area contributed by atoms with Gasteiger partial charge in [0.25, 0.3) is 10.0 Å². The molecule has 0 fully saturated rings. The van der Waals surface area contributed by atoms with Crippen molar-refractivity contribution in [3.05, 3.63) is 53.5 Å². The molecule has 2 aromatic heterocycles. The molecule has 5 rings (SSSR count). The number of aromatic nitrogens is 2. The minimum absolute atomic E-state index is 0.137. The zero-order chi connectivity index (χ0) is 19.1. The Morgan fingerprint density at radius 3 is 2.89 bits per heavy atom. The first-order chi connectivity index (χ1) is 13.6. The van der Waals surface area contributed by atoms with Crippen LogP contribution in [0.2, 0.25) is 0 Å². The van der Waals surface area contributed by atoms with Crippen molar-refractivity contribution in [2.24, 2.45) is 0 Å². The second-order valence-corrected chi connectivity index (χ2v) is 9.54. The van der Waals surface area contributed by atoms with Crippen LogP contribution in [-0.2, 0) is 10.0 Å². The summed E-state index contributed by atoms with van der Waals surface area (Å²) in [5.41, 5.74) is 4.60. The van der Waals surface area contributed by atoms with E-state index >= 15 is 0 Å². The van der Waals surface area contributed by atoms with Gasteiger partial charge in [-0.15, -0.1) is 22.7 Å². The second-order valence-electron chi connectivity index (χ2n) is 6.08. The summed E-state index contributed by atoms with van der Waals surface area (Å²) in [4.78, 5) is 10.6. The molecular formula is C18H14N4O3S3. The van der Waals surface area contributed by atoms with Crippen LogP contribution in [0.3, 0.4) is 0 Å². The highest BCUT2D eigenvalue weighted by atomic mass is 32.2. The molecule has 4 aromatic rings. The van der Waals surface area contributed by atoms with Gasteiger partial charge in [0.2, 0.25) is 0 Å². The summed E-state index contributed by atoms with van der Waals surface area (Å²) >= 11 is 2.83. The molecule has 1 aliphatic rings. The van der Waals surface area contributed by atoms with Gasteiger partial charge in [-0.05, 0) is 30.3 Å². The van der Waals surface area contributed by atoms with E-state index in [2.05, 4.69) is 19.6 Å². The average Bonchev–Trinajstić information content (AvgIpc) is 3.37. The molecule has 0 saturated heterocycles. The number of anilines is 3. The van der Waals surface area contributed by atoms with Crippen LogP contribution in [0.5, 0.6) is 5.75 Å². The van der Waals surface area contributed by atoms with Gasteiger partial charge in [-0.1, -0.05) is 0 Å². The predicted octanol–water partition coefficient (Wildman–Crippen LogP) is 4.08. The van der Waals surface area contributed by atoms with Crippen molar-refractivity contribution in [3.63, 3.8) is 0 Å². The first-order valence-corrected chi connectivity index (χ1v) is 11.6. The van der Waals surface area contributed by atoms with Crippen molar-refractivity contribution in [2.75, 3.05) is 22.8 Å². The highest BCUT2D eigenvalue weighted by Gasteiger charge is 2.24. The molecule has 7 nitrogen and oxygen atoms in total. The SMILES string of the molecule is O=S(=O)(Nc1nccs1)c1ccc2c(c1)OCCN2c1ccc2scnc2c1. The molecule has 2 aromatic carbocycles. The van der Waals surface area contributed by atoms with Crippen molar-refractivity contribution in [1.29, 1.82) is 0 Å². The van der Waals surface area contributed by atoms with Crippen LogP contribution in [0.4, 0.5) is 16.5 Å². The fourth-order valence-corrected chi connectivity index (χ4v) is 5.56. The summed E-state index contributed by atoms with van der Waals surface area (Å²) < 4.78 is 34.6. The smallest absolute Gasteiger partial charge is 0.263 e. The topological polar surface area (TPSA) is 84.4 Å². The molecule has 28 heavy (non-hydrogen) atoms. The molecule has 10 heteroatoms. The number of fused-ring (bicyclic) bond motifs is 2. The molecule has 0 aliphatic carbocycles. The Kier molecular flexibility index (Phi) is 4.18. The van der Waals surface area contributed by atoms with Crippen LogP contribution in [0.1, 0.15) is 0 Å². The molecule has 0 radical (unpaired) electrons. The van der Waals surface area contributed by atoms with Crippen molar-refractivity contribution in [3.8, 4) is 5.75 Å². The van der Waals surface area contributed by atoms with E-state index in [1.807, 2.05) is 23.7 Å². The van der Waals surface area contributed by atoms with E-state index in [9.17, 15) is 8.42 Å². The van der Waals surface area contributed by atoms with Gasteiger partial charge in [-0.25, -0.2) is 18.4 Å². The molecule has 0 atom stereocenters. The van der Waals surface area contributed by atoms with Crippen molar-refractivity contribution in [1.82, 2.24) is 9.97 Å². The lowest BCUT2D eigenvalue weighted by molar-refractivity contribution is 0.313. The van der Waals surface area contributed by atoms with Gasteiger partial charge in [0.05, 0.1) is 32.9 Å². The molecule has 0 saturated carbocycles. The largest absolute Gasteiger partial charge is 0.489 e. The van der Waals surface area contributed by atoms with Crippen LogP contribution < -0.4 is 14.4 Å². The maximum atomic E-state index is 12.6. The summed E-state index contributed by atoms with van der Waals surface area (Å²) in [6, 6.07) is 11.0. The first kappa shape index (κ1) is 17.4. The van der Waals surface area contributed by atoms with E-state index in [1.54, 1.807) is 41.1 Å². The highest BCUT2D eigenvalue weighted by molar-refractivity contribution is 7.93. The van der Waals surface area contributed by atoms with Crippen LogP contribution in [-0.4, -0.2) is 31.5 Å². The van der Waals surface area contributed by atoms with E-state index in [0.717, 1.165) is 21.6 Å². The maximum absolute atomic E-state index is 12.6. The van der Waals surface area contributed by atoms with Crippen LogP contribution in [0.25, 0.3) is 10.2 Å². The molecule has 0 bridgehead atoms. The van der Waals surface area contributed by atoms with Gasteiger partial charge in [0.1, 0.15) is 12.4 Å². The molecule has 1 aliphatic heterocycles. The lowest BCUT2D eigenvalue weighted by Gasteiger charge is -2.31. The highest BCUT2D eigenvalue weighted by Crippen LogP contribution is 2.39. The van der Waals surface area contributed by atoms with Crippen molar-refractivity contribution >= 4 is 59.4 Å². The molecule has 3 heterocycles. The fourth-order valence-electron chi connectivity index (χ4n) is 3.10. The summed E-state index contributed by atoms with van der Waals surface area (Å²) in [7, 11) is -3.73. The molecule has 0 unspecified atom stereocenters. The monoisotopic (exact) mass is 430 g/mol. The lowest BCUT2D eigenvalue weighted by atomic mass is 10.2. The minimum atomic E-state index is -3.73. The fraction of sp³-hybridized carbons (Fsp3) is 0.111. The van der Waals surface area contributed by atoms with E-state index in [0.29, 0.717) is 24.0 Å². The molecule has 1 N–H and O–H groups in total. The number of thiazole rings is 2. The molecular weight excluding hydrogens is 416 g/mol. The van der Waals surface area contributed by atoms with Crippen molar-refractivity contribution in [2.45, 2.75) is 4.90 Å². The number of sulfonamides is 1. The van der Waals surface area contributed by atoms with Gasteiger partial charge in [-0.2, -0.15) is 0 Å². The van der Waals surface area contributed by atoms with E-state index in [1.165, 1.54) is 11.3 Å². The number of ether oxygens (including phenoxy) is 1. The second kappa shape index (κ2) is 6.73. The summed E-state index contributed by atoms with van der Waals surface area (Å²) in [6.07, 6.45) is 1.55. The average molecular weight is 431 g/mol. The Morgan fingerprint density at radius 1 is 1.11 bits per heavy atom. The van der Waals surface area contributed by atoms with Crippen LogP contribution >= 0.6 is 22.7 Å². The Bertz CT molecular complexity index is 1250. The van der Waals surface area contributed by atoms with Crippen molar-refractivity contribution < 1.29 is 13.2 Å². The maximum Gasteiger partial charge on any atom is 0.263 e. The van der Waals surface area contributed by atoms with E-state index < -0.39 is 10.0 Å². The number of nitrogens with one attached hydrogen (secondary N) is 1. The standard InChI is InChI=1S/C18H14N4O3S3/c23-28(24,21-18-19-5-8-26-18)13-2-3-15-16(10-13)25-7-6-22(15)12-1-4-17-14(9-12)20-11-27-17/h1-5,8-11H,6-7H2,(H,19,21). The third-order valence-corrected chi connectivity index (χ3v) is 7.35. The number of hydrogen-bond donors (Lipinski definition) is 1. The van der Waals surface area contributed by atoms with Crippen LogP contribution in [0.15, 0.2) is 58.4 Å². The summed E-state index contributed by atoms with van der Waals surface area (Å²) in [5.74, 6) is 0.534. The normalized spacial score (nSPS) is 13.9. The minimum Gasteiger partial charge on any atom is -0.489 e. The zero-order valence-corrected chi connectivity index (χ0v) is 16.9. The third-order valence-electron chi connectivity index (χ3n) is 4.38. The predicted molar refractivity (Wildman–Crippen MR) is 111 cm³/mol. The first-order valence-electron chi connectivity index (χ1n) is 8.40.